The third-order valence-electron chi connectivity index (χ3n) is 4.37. The van der Waals surface area contributed by atoms with Gasteiger partial charge in [0, 0.05) is 18.3 Å². The molecule has 3 aromatic rings. The Morgan fingerprint density at radius 2 is 1.87 bits per heavy atom. The van der Waals surface area contributed by atoms with Crippen molar-refractivity contribution in [2.24, 2.45) is 0 Å². The van der Waals surface area contributed by atoms with Crippen LogP contribution >= 0.6 is 0 Å². The molecule has 31 heavy (non-hydrogen) atoms. The molecule has 0 atom stereocenters. The smallest absolute Gasteiger partial charge is 0.374 e. The Kier molecular flexibility index (Phi) is 7.01. The van der Waals surface area contributed by atoms with Gasteiger partial charge in [0.1, 0.15) is 11.3 Å². The van der Waals surface area contributed by atoms with Crippen molar-refractivity contribution in [1.29, 1.82) is 5.26 Å². The van der Waals surface area contributed by atoms with E-state index in [-0.39, 0.29) is 29.7 Å². The van der Waals surface area contributed by atoms with E-state index in [4.69, 9.17) is 19.2 Å². The average molecular weight is 420 g/mol. The molecule has 158 valence electrons. The second-order valence-electron chi connectivity index (χ2n) is 6.43. The molecule has 2 aromatic carbocycles. The molecule has 0 N–H and O–H groups in total. The quantitative estimate of drug-likeness (QED) is 0.514. The number of para-hydroxylation sites is 1. The Balaban J connectivity index is 1.72. The van der Waals surface area contributed by atoms with Gasteiger partial charge in [0.2, 0.25) is 5.76 Å². The van der Waals surface area contributed by atoms with Gasteiger partial charge >= 0.3 is 5.97 Å². The van der Waals surface area contributed by atoms with Gasteiger partial charge in [0.15, 0.2) is 12.0 Å². The van der Waals surface area contributed by atoms with Crippen molar-refractivity contribution in [3.05, 3.63) is 70.6 Å². The van der Waals surface area contributed by atoms with Crippen molar-refractivity contribution in [1.82, 2.24) is 0 Å². The zero-order valence-corrected chi connectivity index (χ0v) is 16.9. The molecule has 0 bridgehead atoms. The molecular weight excluding hydrogens is 400 g/mol. The van der Waals surface area contributed by atoms with E-state index in [1.54, 1.807) is 48.5 Å². The molecular formula is C23H20N2O6. The van der Waals surface area contributed by atoms with E-state index in [9.17, 15) is 14.4 Å². The summed E-state index contributed by atoms with van der Waals surface area (Å²) in [5.41, 5.74) is 0.403. The van der Waals surface area contributed by atoms with E-state index in [2.05, 4.69) is 0 Å². The minimum absolute atomic E-state index is 0.104. The molecule has 3 rings (SSSR count). The first-order valence-electron chi connectivity index (χ1n) is 9.63. The van der Waals surface area contributed by atoms with Gasteiger partial charge in [0.05, 0.1) is 24.5 Å². The van der Waals surface area contributed by atoms with Crippen molar-refractivity contribution in [2.75, 3.05) is 24.7 Å². The zero-order valence-electron chi connectivity index (χ0n) is 16.9. The second-order valence-corrected chi connectivity index (χ2v) is 6.43. The van der Waals surface area contributed by atoms with Crippen LogP contribution in [0.4, 0.5) is 5.69 Å². The molecule has 0 fully saturated rings. The number of nitrogens with zero attached hydrogens (tertiary/aromatic N) is 2. The molecule has 0 aliphatic carbocycles. The first-order chi connectivity index (χ1) is 15.0. The molecule has 0 unspecified atom stereocenters. The van der Waals surface area contributed by atoms with Crippen LogP contribution in [0.15, 0.2) is 63.8 Å². The molecule has 0 saturated carbocycles. The van der Waals surface area contributed by atoms with Gasteiger partial charge in [-0.2, -0.15) is 5.26 Å². The molecule has 0 spiro atoms. The van der Waals surface area contributed by atoms with E-state index in [1.807, 2.05) is 13.0 Å². The number of carbonyl (C=O) groups is 2. The predicted molar refractivity (Wildman–Crippen MR) is 113 cm³/mol. The highest BCUT2D eigenvalue weighted by Gasteiger charge is 2.20. The number of fused-ring (bicyclic) bond motifs is 1. The third kappa shape index (κ3) is 5.28. The number of carbonyl (C=O) groups excluding carboxylic acids is 2. The fourth-order valence-electron chi connectivity index (χ4n) is 2.93. The van der Waals surface area contributed by atoms with Gasteiger partial charge in [-0.3, -0.25) is 9.59 Å². The van der Waals surface area contributed by atoms with Crippen LogP contribution in [-0.4, -0.2) is 31.6 Å². The lowest BCUT2D eigenvalue weighted by atomic mass is 10.2. The predicted octanol–water partition coefficient (Wildman–Crippen LogP) is 3.30. The lowest BCUT2D eigenvalue weighted by Gasteiger charge is -2.22. The minimum Gasteiger partial charge on any atom is -0.494 e. The van der Waals surface area contributed by atoms with Crippen LogP contribution < -0.4 is 15.1 Å². The highest BCUT2D eigenvalue weighted by atomic mass is 16.5. The monoisotopic (exact) mass is 420 g/mol. The third-order valence-corrected chi connectivity index (χ3v) is 4.37. The van der Waals surface area contributed by atoms with Crippen LogP contribution in [0.2, 0.25) is 0 Å². The number of nitriles is 1. The van der Waals surface area contributed by atoms with E-state index in [0.717, 1.165) is 6.07 Å². The van der Waals surface area contributed by atoms with Crippen molar-refractivity contribution in [3.8, 4) is 11.8 Å². The number of esters is 1. The largest absolute Gasteiger partial charge is 0.494 e. The Labute approximate surface area is 178 Å². The average Bonchev–Trinajstić information content (AvgIpc) is 2.79. The van der Waals surface area contributed by atoms with Crippen LogP contribution in [0.1, 0.15) is 23.9 Å². The van der Waals surface area contributed by atoms with Gasteiger partial charge in [-0.05, 0) is 43.3 Å². The maximum absolute atomic E-state index is 12.7. The molecule has 1 amide bonds. The standard InChI is InChI=1S/C23H20N2O6/c1-2-29-17-10-8-16(9-11-17)25(13-5-12-24)22(27)15-30-23(28)21-14-19(26)18-6-3-4-7-20(18)31-21/h3-4,6-11,14H,2,5,13,15H2,1H3. The Morgan fingerprint density at radius 3 is 2.58 bits per heavy atom. The van der Waals surface area contributed by atoms with Crippen molar-refractivity contribution < 1.29 is 23.5 Å². The summed E-state index contributed by atoms with van der Waals surface area (Å²) >= 11 is 0. The highest BCUT2D eigenvalue weighted by molar-refractivity contribution is 5.97. The Hall–Kier alpha value is -4.12. The van der Waals surface area contributed by atoms with Gasteiger partial charge in [0.25, 0.3) is 5.91 Å². The van der Waals surface area contributed by atoms with Crippen LogP contribution in [-0.2, 0) is 9.53 Å². The molecule has 0 aliphatic rings. The zero-order chi connectivity index (χ0) is 22.2. The summed E-state index contributed by atoms with van der Waals surface area (Å²) in [6, 6.07) is 16.3. The summed E-state index contributed by atoms with van der Waals surface area (Å²) in [4.78, 5) is 38.5. The van der Waals surface area contributed by atoms with Crippen LogP contribution in [0.5, 0.6) is 5.75 Å². The minimum atomic E-state index is -0.928. The molecule has 8 nitrogen and oxygen atoms in total. The summed E-state index contributed by atoms with van der Waals surface area (Å²) in [6.45, 7) is 1.93. The lowest BCUT2D eigenvalue weighted by molar-refractivity contribution is -0.121. The first-order valence-corrected chi connectivity index (χ1v) is 9.63. The molecule has 0 radical (unpaired) electrons. The van der Waals surface area contributed by atoms with Gasteiger partial charge in [-0.15, -0.1) is 0 Å². The number of ether oxygens (including phenoxy) is 2. The van der Waals surface area contributed by atoms with Gasteiger partial charge in [-0.25, -0.2) is 4.79 Å². The fraction of sp³-hybridized carbons (Fsp3) is 0.217. The number of benzene rings is 2. The van der Waals surface area contributed by atoms with E-state index in [0.29, 0.717) is 23.4 Å². The topological polar surface area (TPSA) is 110 Å². The molecule has 1 heterocycles. The number of amides is 1. The van der Waals surface area contributed by atoms with E-state index < -0.39 is 18.5 Å². The molecule has 1 aromatic heterocycles. The lowest BCUT2D eigenvalue weighted by Crippen LogP contribution is -2.35. The summed E-state index contributed by atoms with van der Waals surface area (Å²) < 4.78 is 15.9. The second kappa shape index (κ2) is 10.1. The number of hydrogen-bond donors (Lipinski definition) is 0. The summed E-state index contributed by atoms with van der Waals surface area (Å²) in [5, 5.41) is 9.24. The fourth-order valence-corrected chi connectivity index (χ4v) is 2.93. The summed E-state index contributed by atoms with van der Waals surface area (Å²) in [6.07, 6.45) is 0.104. The van der Waals surface area contributed by atoms with Crippen LogP contribution in [0, 0.1) is 11.3 Å². The van der Waals surface area contributed by atoms with Gasteiger partial charge in [-0.1, -0.05) is 12.1 Å². The van der Waals surface area contributed by atoms with Gasteiger partial charge < -0.3 is 18.8 Å². The van der Waals surface area contributed by atoms with Crippen molar-refractivity contribution in [3.63, 3.8) is 0 Å². The molecule has 0 saturated heterocycles. The highest BCUT2D eigenvalue weighted by Crippen LogP contribution is 2.20. The Bertz CT molecular complexity index is 1180. The number of hydrogen-bond acceptors (Lipinski definition) is 7. The van der Waals surface area contributed by atoms with Crippen LogP contribution in [0.25, 0.3) is 11.0 Å². The normalized spacial score (nSPS) is 10.3. The van der Waals surface area contributed by atoms with Crippen molar-refractivity contribution in [2.45, 2.75) is 13.3 Å². The summed E-state index contributed by atoms with van der Waals surface area (Å²) in [7, 11) is 0. The maximum Gasteiger partial charge on any atom is 0.374 e. The molecule has 0 aliphatic heterocycles. The Morgan fingerprint density at radius 1 is 1.13 bits per heavy atom. The van der Waals surface area contributed by atoms with E-state index in [1.165, 1.54) is 4.90 Å². The van der Waals surface area contributed by atoms with E-state index >= 15 is 0 Å². The molecule has 8 heteroatoms. The van der Waals surface area contributed by atoms with Crippen molar-refractivity contribution >= 4 is 28.5 Å². The first kappa shape index (κ1) is 21.6. The number of anilines is 1. The van der Waals surface area contributed by atoms with Crippen LogP contribution in [0.3, 0.4) is 0 Å². The maximum atomic E-state index is 12.7. The number of rotatable bonds is 8. The SMILES string of the molecule is CCOc1ccc(N(CCC#N)C(=O)COC(=O)c2cc(=O)c3ccccc3o2)cc1. The summed E-state index contributed by atoms with van der Waals surface area (Å²) in [5.74, 6) is -1.09.